The minimum absolute atomic E-state index is 0.00780. The molecular formula is C24H27ClFN9. The van der Waals surface area contributed by atoms with Gasteiger partial charge in [0.15, 0.2) is 5.82 Å². The molecule has 3 aromatic rings. The van der Waals surface area contributed by atoms with E-state index in [1.165, 1.54) is 18.9 Å². The van der Waals surface area contributed by atoms with Gasteiger partial charge in [0.25, 0.3) is 0 Å². The molecule has 0 aliphatic carbocycles. The summed E-state index contributed by atoms with van der Waals surface area (Å²) in [5.41, 5.74) is 1.92. The van der Waals surface area contributed by atoms with Gasteiger partial charge in [0.1, 0.15) is 29.6 Å². The predicted octanol–water partition coefficient (Wildman–Crippen LogP) is 3.53. The van der Waals surface area contributed by atoms with E-state index in [9.17, 15) is 9.65 Å². The number of pyridine rings is 1. The van der Waals surface area contributed by atoms with Gasteiger partial charge in [-0.05, 0) is 38.4 Å². The Hall–Kier alpha value is -3.29. The van der Waals surface area contributed by atoms with Crippen molar-refractivity contribution in [3.05, 3.63) is 47.1 Å². The van der Waals surface area contributed by atoms with Crippen LogP contribution in [-0.4, -0.2) is 69.2 Å². The third-order valence-electron chi connectivity index (χ3n) is 6.84. The molecule has 9 nitrogen and oxygen atoms in total. The van der Waals surface area contributed by atoms with Crippen molar-refractivity contribution in [3.63, 3.8) is 0 Å². The van der Waals surface area contributed by atoms with Crippen LogP contribution in [0.25, 0.3) is 11.3 Å². The predicted molar refractivity (Wildman–Crippen MR) is 132 cm³/mol. The first-order valence-corrected chi connectivity index (χ1v) is 12.2. The van der Waals surface area contributed by atoms with Crippen molar-refractivity contribution in [1.29, 1.82) is 5.26 Å². The van der Waals surface area contributed by atoms with Crippen LogP contribution in [0.5, 0.6) is 0 Å². The van der Waals surface area contributed by atoms with Gasteiger partial charge in [-0.1, -0.05) is 11.6 Å². The Kier molecular flexibility index (Phi) is 6.79. The second-order valence-electron chi connectivity index (χ2n) is 8.91. The van der Waals surface area contributed by atoms with Crippen LogP contribution < -0.4 is 10.2 Å². The van der Waals surface area contributed by atoms with Gasteiger partial charge in [-0.25, -0.2) is 19.9 Å². The molecule has 0 aromatic carbocycles. The summed E-state index contributed by atoms with van der Waals surface area (Å²) in [7, 11) is 1.75. The summed E-state index contributed by atoms with van der Waals surface area (Å²) < 4.78 is 15.8. The van der Waals surface area contributed by atoms with Crippen LogP contribution in [0.15, 0.2) is 24.8 Å². The summed E-state index contributed by atoms with van der Waals surface area (Å²) in [5.74, 6) is 1.82. The normalized spacial score (nSPS) is 16.7. The number of aromatic nitrogens is 5. The first-order valence-electron chi connectivity index (χ1n) is 11.9. The highest BCUT2D eigenvalue weighted by Crippen LogP contribution is 2.33. The molecule has 2 saturated heterocycles. The largest absolute Gasteiger partial charge is 0.372 e. The molecule has 5 heterocycles. The number of piperidine rings is 1. The lowest BCUT2D eigenvalue weighted by molar-refractivity contribution is 0.173. The van der Waals surface area contributed by atoms with Crippen molar-refractivity contribution in [2.45, 2.75) is 31.7 Å². The van der Waals surface area contributed by atoms with E-state index in [1.807, 2.05) is 6.20 Å². The zero-order valence-corrected chi connectivity index (χ0v) is 20.3. The number of likely N-dealkylation sites (tertiary alicyclic amines) is 1. The lowest BCUT2D eigenvalue weighted by Gasteiger charge is -2.34. The Bertz CT molecular complexity index is 1240. The van der Waals surface area contributed by atoms with Crippen molar-refractivity contribution in [2.75, 3.05) is 50.0 Å². The molecule has 0 atom stereocenters. The third-order valence-corrected chi connectivity index (χ3v) is 7.11. The van der Waals surface area contributed by atoms with E-state index >= 15 is 0 Å². The van der Waals surface area contributed by atoms with Gasteiger partial charge < -0.3 is 19.7 Å². The first-order chi connectivity index (χ1) is 17.1. The van der Waals surface area contributed by atoms with Crippen molar-refractivity contribution in [1.82, 2.24) is 29.4 Å². The van der Waals surface area contributed by atoms with Crippen molar-refractivity contribution >= 4 is 23.2 Å². The smallest absolute Gasteiger partial charge is 0.231 e. The van der Waals surface area contributed by atoms with Gasteiger partial charge in [-0.2, -0.15) is 9.65 Å². The van der Waals surface area contributed by atoms with Crippen molar-refractivity contribution < 1.29 is 4.39 Å². The second kappa shape index (κ2) is 10.1. The van der Waals surface area contributed by atoms with Crippen LogP contribution in [0.1, 0.15) is 36.6 Å². The van der Waals surface area contributed by atoms with Crippen molar-refractivity contribution in [3.8, 4) is 17.3 Å². The van der Waals surface area contributed by atoms with Crippen LogP contribution in [0.3, 0.4) is 0 Å². The van der Waals surface area contributed by atoms with Crippen LogP contribution in [0.2, 0.25) is 5.02 Å². The fraction of sp³-hybridized carbons (Fsp3) is 0.458. The van der Waals surface area contributed by atoms with Crippen LogP contribution >= 0.6 is 11.6 Å². The molecule has 0 unspecified atom stereocenters. The summed E-state index contributed by atoms with van der Waals surface area (Å²) in [6.45, 7) is 5.63. The van der Waals surface area contributed by atoms with E-state index < -0.39 is 5.95 Å². The number of nitriles is 1. The molecule has 5 rings (SSSR count). The molecule has 2 aliphatic rings. The van der Waals surface area contributed by atoms with Gasteiger partial charge in [0, 0.05) is 57.1 Å². The number of halogens is 2. The average Bonchev–Trinajstić information content (AvgIpc) is 3.28. The Morgan fingerprint density at radius 3 is 2.63 bits per heavy atom. The molecule has 182 valence electrons. The molecule has 1 N–H and O–H groups in total. The van der Waals surface area contributed by atoms with Crippen LogP contribution in [0.4, 0.5) is 16.0 Å². The third kappa shape index (κ3) is 4.79. The Labute approximate surface area is 208 Å². The van der Waals surface area contributed by atoms with Gasteiger partial charge in [-0.3, -0.25) is 0 Å². The van der Waals surface area contributed by atoms with E-state index in [4.69, 9.17) is 16.6 Å². The minimum atomic E-state index is -0.678. The standard InChI is InChI=1S/C24H27ClFN9/c1-28-22-18(12-27)24(31-15-30-22)34-7-3-16(4-8-34)23-32-20(17-11-19(25)21(26)29-13-17)14-35(23)10-9-33-5-2-6-33/h11,13-16H,2-10H2,1H3,(H,28,30,31). The molecule has 2 fully saturated rings. The molecule has 35 heavy (non-hydrogen) atoms. The van der Waals surface area contributed by atoms with Gasteiger partial charge in [-0.15, -0.1) is 0 Å². The van der Waals surface area contributed by atoms with Gasteiger partial charge in [0.2, 0.25) is 5.95 Å². The number of anilines is 2. The zero-order chi connectivity index (χ0) is 24.4. The molecule has 0 radical (unpaired) electrons. The second-order valence-corrected chi connectivity index (χ2v) is 9.32. The Balaban J connectivity index is 1.37. The van der Waals surface area contributed by atoms with E-state index in [2.05, 4.69) is 40.7 Å². The number of nitrogens with one attached hydrogen (secondary N) is 1. The van der Waals surface area contributed by atoms with E-state index in [-0.39, 0.29) is 10.9 Å². The Morgan fingerprint density at radius 2 is 1.97 bits per heavy atom. The molecule has 2 aliphatic heterocycles. The maximum absolute atomic E-state index is 13.6. The van der Waals surface area contributed by atoms with E-state index in [1.54, 1.807) is 13.1 Å². The number of nitrogens with zero attached hydrogens (tertiary/aromatic N) is 8. The van der Waals surface area contributed by atoms with E-state index in [0.717, 1.165) is 63.6 Å². The van der Waals surface area contributed by atoms with E-state index in [0.29, 0.717) is 22.8 Å². The molecule has 0 amide bonds. The minimum Gasteiger partial charge on any atom is -0.372 e. The van der Waals surface area contributed by atoms with Crippen LogP contribution in [0, 0.1) is 17.3 Å². The molecule has 11 heteroatoms. The summed E-state index contributed by atoms with van der Waals surface area (Å²) in [6, 6.07) is 3.82. The van der Waals surface area contributed by atoms with Crippen molar-refractivity contribution in [2.24, 2.45) is 0 Å². The number of hydrogen-bond acceptors (Lipinski definition) is 8. The summed E-state index contributed by atoms with van der Waals surface area (Å²) >= 11 is 5.99. The summed E-state index contributed by atoms with van der Waals surface area (Å²) in [5, 5.41) is 12.6. The fourth-order valence-corrected chi connectivity index (χ4v) is 4.91. The van der Waals surface area contributed by atoms with Crippen LogP contribution in [-0.2, 0) is 6.54 Å². The fourth-order valence-electron chi connectivity index (χ4n) is 4.75. The maximum atomic E-state index is 13.6. The topological polar surface area (TPSA) is 98.8 Å². The number of hydrogen-bond donors (Lipinski definition) is 1. The maximum Gasteiger partial charge on any atom is 0.231 e. The molecule has 0 saturated carbocycles. The lowest BCUT2D eigenvalue weighted by Crippen LogP contribution is -2.39. The first kappa shape index (κ1) is 23.5. The highest BCUT2D eigenvalue weighted by atomic mass is 35.5. The Morgan fingerprint density at radius 1 is 1.17 bits per heavy atom. The SMILES string of the molecule is CNc1ncnc(N2CCC(c3nc(-c4cnc(F)c(Cl)c4)cn3CCN3CCC3)CC2)c1C#N. The molecular weight excluding hydrogens is 469 g/mol. The summed E-state index contributed by atoms with van der Waals surface area (Å²) in [4.78, 5) is 21.9. The van der Waals surface area contributed by atoms with Gasteiger partial charge in [0.05, 0.1) is 10.7 Å². The monoisotopic (exact) mass is 495 g/mol. The number of imidazole rings is 1. The summed E-state index contributed by atoms with van der Waals surface area (Å²) in [6.07, 6.45) is 8.02. The molecule has 0 bridgehead atoms. The number of rotatable bonds is 7. The van der Waals surface area contributed by atoms with Gasteiger partial charge >= 0.3 is 0 Å². The molecule has 3 aromatic heterocycles. The average molecular weight is 496 g/mol. The molecule has 0 spiro atoms. The highest BCUT2D eigenvalue weighted by Gasteiger charge is 2.28. The quantitative estimate of drug-likeness (QED) is 0.497. The highest BCUT2D eigenvalue weighted by molar-refractivity contribution is 6.30. The zero-order valence-electron chi connectivity index (χ0n) is 19.6. The lowest BCUT2D eigenvalue weighted by atomic mass is 9.95.